The van der Waals surface area contributed by atoms with E-state index in [1.54, 1.807) is 0 Å². The topological polar surface area (TPSA) is 41.6 Å². The quantitative estimate of drug-likeness (QED) is 0.739. The lowest BCUT2D eigenvalue weighted by Gasteiger charge is -2.19. The Morgan fingerprint density at radius 3 is 2.63 bits per heavy atom. The normalized spacial score (nSPS) is 14.9. The van der Waals surface area contributed by atoms with E-state index in [4.69, 9.17) is 4.74 Å². The average Bonchev–Trinajstić information content (AvgIpc) is 3.22. The summed E-state index contributed by atoms with van der Waals surface area (Å²) in [6, 6.07) is 14.2. The third-order valence-electron chi connectivity index (χ3n) is 5.38. The second kappa shape index (κ2) is 8.94. The van der Waals surface area contributed by atoms with Gasteiger partial charge in [0, 0.05) is 24.5 Å². The average molecular weight is 367 g/mol. The Bertz CT molecular complexity index is 782. The lowest BCUT2D eigenvalue weighted by atomic mass is 9.98. The van der Waals surface area contributed by atoms with E-state index in [9.17, 15) is 4.79 Å². The maximum absolute atomic E-state index is 12.4. The summed E-state index contributed by atoms with van der Waals surface area (Å²) in [4.78, 5) is 14.8. The summed E-state index contributed by atoms with van der Waals surface area (Å²) in [5.41, 5.74) is 4.31. The molecular weight excluding hydrogens is 336 g/mol. The van der Waals surface area contributed by atoms with Gasteiger partial charge in [-0.25, -0.2) is 0 Å². The number of nitrogens with one attached hydrogen (secondary N) is 1. The molecule has 1 fully saturated rings. The molecule has 0 bridgehead atoms. The Kier molecular flexibility index (Phi) is 6.38. The number of hydrogen-bond acceptors (Lipinski definition) is 3. The fourth-order valence-electron chi connectivity index (χ4n) is 3.53. The lowest BCUT2D eigenvalue weighted by Crippen LogP contribution is -2.21. The number of para-hydroxylation sites is 1. The molecule has 1 N–H and O–H groups in total. The van der Waals surface area contributed by atoms with Gasteiger partial charge in [-0.05, 0) is 67.5 Å². The molecule has 3 rings (SSSR count). The molecule has 1 heterocycles. The maximum Gasteiger partial charge on any atom is 0.262 e. The van der Waals surface area contributed by atoms with Crippen molar-refractivity contribution in [3.05, 3.63) is 53.6 Å². The van der Waals surface area contributed by atoms with Crippen LogP contribution in [0.5, 0.6) is 5.75 Å². The van der Waals surface area contributed by atoms with E-state index in [0.717, 1.165) is 42.1 Å². The number of nitrogens with zero attached hydrogens (tertiary/aromatic N) is 1. The molecule has 1 amide bonds. The van der Waals surface area contributed by atoms with Crippen molar-refractivity contribution in [2.75, 3.05) is 29.9 Å². The number of anilines is 2. The third-order valence-corrected chi connectivity index (χ3v) is 5.38. The predicted octanol–water partition coefficient (Wildman–Crippen LogP) is 5.13. The molecule has 0 spiro atoms. The highest BCUT2D eigenvalue weighted by Crippen LogP contribution is 2.29. The van der Waals surface area contributed by atoms with E-state index in [1.807, 2.05) is 31.2 Å². The Balaban J connectivity index is 1.60. The molecule has 1 saturated heterocycles. The predicted molar refractivity (Wildman–Crippen MR) is 112 cm³/mol. The van der Waals surface area contributed by atoms with E-state index >= 15 is 0 Å². The number of ether oxygens (including phenoxy) is 1. The molecule has 1 atom stereocenters. The van der Waals surface area contributed by atoms with Crippen molar-refractivity contribution in [2.45, 2.75) is 46.0 Å². The zero-order chi connectivity index (χ0) is 19.2. The smallest absolute Gasteiger partial charge is 0.262 e. The van der Waals surface area contributed by atoms with Crippen LogP contribution in [0.4, 0.5) is 11.4 Å². The van der Waals surface area contributed by atoms with Crippen molar-refractivity contribution in [3.8, 4) is 5.75 Å². The van der Waals surface area contributed by atoms with E-state index in [1.165, 1.54) is 18.5 Å². The first-order valence-electron chi connectivity index (χ1n) is 9.95. The Morgan fingerprint density at radius 2 is 1.93 bits per heavy atom. The maximum atomic E-state index is 12.4. The molecule has 2 aromatic carbocycles. The first-order chi connectivity index (χ1) is 13.1. The van der Waals surface area contributed by atoms with E-state index in [-0.39, 0.29) is 12.5 Å². The van der Waals surface area contributed by atoms with Gasteiger partial charge in [-0.3, -0.25) is 4.79 Å². The third kappa shape index (κ3) is 4.82. The number of aryl methyl sites for hydroxylation is 1. The van der Waals surface area contributed by atoms with Gasteiger partial charge in [0.05, 0.1) is 0 Å². The van der Waals surface area contributed by atoms with Crippen LogP contribution in [0, 0.1) is 6.92 Å². The van der Waals surface area contributed by atoms with Gasteiger partial charge < -0.3 is 15.0 Å². The van der Waals surface area contributed by atoms with Crippen molar-refractivity contribution in [1.29, 1.82) is 0 Å². The standard InChI is InChI=1S/C23H30N2O2/c1-4-17(2)20-9-5-6-10-22(20)27-16-23(26)24-21-12-11-19(15-18(21)3)25-13-7-8-14-25/h5-6,9-12,15,17H,4,7-8,13-14,16H2,1-3H3,(H,24,26). The van der Waals surface area contributed by atoms with Gasteiger partial charge in [0.15, 0.2) is 6.61 Å². The van der Waals surface area contributed by atoms with Crippen LogP contribution in [-0.4, -0.2) is 25.6 Å². The number of carbonyl (C=O) groups excluding carboxylic acids is 1. The van der Waals surface area contributed by atoms with Crippen LogP contribution in [0.25, 0.3) is 0 Å². The minimum atomic E-state index is -0.133. The zero-order valence-electron chi connectivity index (χ0n) is 16.6. The van der Waals surface area contributed by atoms with Crippen LogP contribution < -0.4 is 15.0 Å². The van der Waals surface area contributed by atoms with Crippen LogP contribution in [0.3, 0.4) is 0 Å². The van der Waals surface area contributed by atoms with Gasteiger partial charge >= 0.3 is 0 Å². The summed E-state index contributed by atoms with van der Waals surface area (Å²) in [6.45, 7) is 8.62. The van der Waals surface area contributed by atoms with Gasteiger partial charge in [-0.15, -0.1) is 0 Å². The molecule has 1 aliphatic rings. The molecule has 1 unspecified atom stereocenters. The zero-order valence-corrected chi connectivity index (χ0v) is 16.6. The summed E-state index contributed by atoms with van der Waals surface area (Å²) in [6.07, 6.45) is 3.55. The SMILES string of the molecule is CCC(C)c1ccccc1OCC(=O)Nc1ccc(N2CCCC2)cc1C. The first-order valence-corrected chi connectivity index (χ1v) is 9.95. The van der Waals surface area contributed by atoms with Crippen LogP contribution in [0.2, 0.25) is 0 Å². The van der Waals surface area contributed by atoms with Crippen molar-refractivity contribution >= 4 is 17.3 Å². The monoisotopic (exact) mass is 366 g/mol. The molecule has 0 saturated carbocycles. The van der Waals surface area contributed by atoms with Crippen LogP contribution in [0.15, 0.2) is 42.5 Å². The van der Waals surface area contributed by atoms with Gasteiger partial charge in [0.2, 0.25) is 0 Å². The molecular formula is C23H30N2O2. The number of hydrogen-bond donors (Lipinski definition) is 1. The van der Waals surface area contributed by atoms with Crippen molar-refractivity contribution in [1.82, 2.24) is 0 Å². The second-order valence-electron chi connectivity index (χ2n) is 7.38. The highest BCUT2D eigenvalue weighted by Gasteiger charge is 2.14. The summed E-state index contributed by atoms with van der Waals surface area (Å²) in [5, 5.41) is 2.98. The summed E-state index contributed by atoms with van der Waals surface area (Å²) >= 11 is 0. The van der Waals surface area contributed by atoms with Crippen LogP contribution in [-0.2, 0) is 4.79 Å². The van der Waals surface area contributed by atoms with Crippen molar-refractivity contribution in [2.24, 2.45) is 0 Å². The molecule has 0 aromatic heterocycles. The minimum absolute atomic E-state index is 0.0146. The molecule has 0 aliphatic carbocycles. The van der Waals surface area contributed by atoms with Crippen LogP contribution in [0.1, 0.15) is 50.2 Å². The first kappa shape index (κ1) is 19.3. The fourth-order valence-corrected chi connectivity index (χ4v) is 3.53. The van der Waals surface area contributed by atoms with Gasteiger partial charge in [0.1, 0.15) is 5.75 Å². The van der Waals surface area contributed by atoms with Crippen molar-refractivity contribution in [3.63, 3.8) is 0 Å². The molecule has 27 heavy (non-hydrogen) atoms. The highest BCUT2D eigenvalue weighted by atomic mass is 16.5. The Labute approximate surface area is 162 Å². The molecule has 144 valence electrons. The number of rotatable bonds is 7. The highest BCUT2D eigenvalue weighted by molar-refractivity contribution is 5.92. The molecule has 4 heteroatoms. The van der Waals surface area contributed by atoms with Gasteiger partial charge in [0.25, 0.3) is 5.91 Å². The summed E-state index contributed by atoms with van der Waals surface area (Å²) in [5.74, 6) is 1.07. The largest absolute Gasteiger partial charge is 0.483 e. The van der Waals surface area contributed by atoms with E-state index < -0.39 is 0 Å². The number of amides is 1. The van der Waals surface area contributed by atoms with E-state index in [2.05, 4.69) is 42.3 Å². The van der Waals surface area contributed by atoms with E-state index in [0.29, 0.717) is 5.92 Å². The molecule has 0 radical (unpaired) electrons. The Morgan fingerprint density at radius 1 is 1.19 bits per heavy atom. The van der Waals surface area contributed by atoms with Crippen molar-refractivity contribution < 1.29 is 9.53 Å². The molecule has 2 aromatic rings. The minimum Gasteiger partial charge on any atom is -0.483 e. The van der Waals surface area contributed by atoms with Crippen LogP contribution >= 0.6 is 0 Å². The Hall–Kier alpha value is -2.49. The molecule has 1 aliphatic heterocycles. The number of benzene rings is 2. The van der Waals surface area contributed by atoms with Gasteiger partial charge in [-0.2, -0.15) is 0 Å². The summed E-state index contributed by atoms with van der Waals surface area (Å²) < 4.78 is 5.82. The second-order valence-corrected chi connectivity index (χ2v) is 7.38. The number of carbonyl (C=O) groups is 1. The molecule has 4 nitrogen and oxygen atoms in total. The summed E-state index contributed by atoms with van der Waals surface area (Å²) in [7, 11) is 0. The van der Waals surface area contributed by atoms with Gasteiger partial charge in [-0.1, -0.05) is 32.0 Å². The fraction of sp³-hybridized carbons (Fsp3) is 0.435. The lowest BCUT2D eigenvalue weighted by molar-refractivity contribution is -0.118.